The molecule has 0 fully saturated rings. The average molecular weight is 1450 g/mol. The molecule has 0 bridgehead atoms. The maximum atomic E-state index is 13.1. The second kappa shape index (κ2) is 71.7. The van der Waals surface area contributed by atoms with Crippen LogP contribution in [0.4, 0.5) is 0 Å². The summed E-state index contributed by atoms with van der Waals surface area (Å²) >= 11 is 0. The number of carbonyl (C=O) groups is 4. The number of aliphatic hydroxyl groups excluding tert-OH is 1. The second-order valence-electron chi connectivity index (χ2n) is 29.8. The van der Waals surface area contributed by atoms with Crippen molar-refractivity contribution >= 4 is 39.5 Å². The number of esters is 4. The van der Waals surface area contributed by atoms with Crippen LogP contribution in [0.5, 0.6) is 0 Å². The molecule has 0 saturated heterocycles. The third-order valence-corrected chi connectivity index (χ3v) is 20.6. The van der Waals surface area contributed by atoms with Gasteiger partial charge in [-0.3, -0.25) is 37.3 Å². The Hall–Kier alpha value is -1.94. The van der Waals surface area contributed by atoms with Crippen molar-refractivity contribution in [2.45, 2.75) is 439 Å². The Morgan fingerprint density at radius 2 is 0.465 bits per heavy atom. The zero-order chi connectivity index (χ0) is 72.8. The average Bonchev–Trinajstić information content (AvgIpc) is 0.961. The highest BCUT2D eigenvalue weighted by Crippen LogP contribution is 2.45. The number of phosphoric ester groups is 2. The zero-order valence-corrected chi connectivity index (χ0v) is 66.6. The number of hydrogen-bond acceptors (Lipinski definition) is 15. The molecule has 0 rings (SSSR count). The van der Waals surface area contributed by atoms with Crippen molar-refractivity contribution in [3.05, 3.63) is 0 Å². The van der Waals surface area contributed by atoms with Gasteiger partial charge in [-0.2, -0.15) is 0 Å². The van der Waals surface area contributed by atoms with Gasteiger partial charge in [-0.25, -0.2) is 9.13 Å². The number of phosphoric acid groups is 2. The van der Waals surface area contributed by atoms with Crippen molar-refractivity contribution in [1.29, 1.82) is 0 Å². The third-order valence-electron chi connectivity index (χ3n) is 18.7. The number of carbonyl (C=O) groups excluding carboxylic acids is 4. The molecular weight excluding hydrogens is 1290 g/mol. The maximum absolute atomic E-state index is 13.1. The van der Waals surface area contributed by atoms with Gasteiger partial charge in [0.1, 0.15) is 19.3 Å². The Bertz CT molecular complexity index is 1910. The Labute approximate surface area is 607 Å². The summed E-state index contributed by atoms with van der Waals surface area (Å²) in [5.74, 6) is -0.600. The summed E-state index contributed by atoms with van der Waals surface area (Å²) in [5.41, 5.74) is 0. The van der Waals surface area contributed by atoms with Gasteiger partial charge in [0.2, 0.25) is 0 Å². The molecule has 2 unspecified atom stereocenters. The minimum Gasteiger partial charge on any atom is -0.462 e. The Morgan fingerprint density at radius 1 is 0.273 bits per heavy atom. The molecule has 5 atom stereocenters. The van der Waals surface area contributed by atoms with Gasteiger partial charge in [-0.05, 0) is 37.5 Å². The molecule has 17 nitrogen and oxygen atoms in total. The van der Waals surface area contributed by atoms with E-state index in [2.05, 4.69) is 41.5 Å². The highest BCUT2D eigenvalue weighted by atomic mass is 31.2. The lowest BCUT2D eigenvalue weighted by Gasteiger charge is -2.21. The molecule has 19 heteroatoms. The fourth-order valence-electron chi connectivity index (χ4n) is 12.4. The molecule has 0 aromatic carbocycles. The first kappa shape index (κ1) is 97.1. The Morgan fingerprint density at radius 3 is 0.687 bits per heavy atom. The largest absolute Gasteiger partial charge is 0.472 e. The monoisotopic (exact) mass is 1450 g/mol. The van der Waals surface area contributed by atoms with Crippen molar-refractivity contribution in [2.24, 2.45) is 11.8 Å². The van der Waals surface area contributed by atoms with Gasteiger partial charge in [0, 0.05) is 25.7 Å². The van der Waals surface area contributed by atoms with Crippen LogP contribution in [-0.2, 0) is 65.4 Å². The van der Waals surface area contributed by atoms with E-state index in [4.69, 9.17) is 37.0 Å². The minimum absolute atomic E-state index is 0.106. The van der Waals surface area contributed by atoms with Crippen molar-refractivity contribution in [2.75, 3.05) is 39.6 Å². The number of hydrogen-bond donors (Lipinski definition) is 3. The van der Waals surface area contributed by atoms with Gasteiger partial charge in [0.05, 0.1) is 26.4 Å². The van der Waals surface area contributed by atoms with E-state index in [-0.39, 0.29) is 25.7 Å². The van der Waals surface area contributed by atoms with Gasteiger partial charge >= 0.3 is 39.5 Å². The van der Waals surface area contributed by atoms with E-state index in [0.717, 1.165) is 102 Å². The van der Waals surface area contributed by atoms with Gasteiger partial charge in [0.15, 0.2) is 12.2 Å². The summed E-state index contributed by atoms with van der Waals surface area (Å²) in [4.78, 5) is 73.0. The quantitative estimate of drug-likeness (QED) is 0.0222. The molecule has 99 heavy (non-hydrogen) atoms. The SMILES string of the molecule is CCCCCCCCCCCCCCCCCCCCCCCC(=O)O[C@H](COC(=O)CCCCCCCCCCCCC(C)C)COP(=O)(O)OC[C@@H](O)COP(=O)(O)OC[C@@H](COC(=O)CCCCCCCCCCCCCC)OC(=O)CCCCCCCCCCCCC(C)C. The molecule has 0 aliphatic heterocycles. The predicted molar refractivity (Wildman–Crippen MR) is 405 cm³/mol. The summed E-state index contributed by atoms with van der Waals surface area (Å²) in [6.07, 6.45) is 61.1. The summed E-state index contributed by atoms with van der Waals surface area (Å²) < 4.78 is 68.7. The summed E-state index contributed by atoms with van der Waals surface area (Å²) in [6, 6.07) is 0. The molecule has 0 heterocycles. The molecule has 0 spiro atoms. The van der Waals surface area contributed by atoms with Crippen molar-refractivity contribution in [3.63, 3.8) is 0 Å². The third kappa shape index (κ3) is 74.1. The van der Waals surface area contributed by atoms with E-state index in [1.807, 2.05) is 0 Å². The van der Waals surface area contributed by atoms with Crippen molar-refractivity contribution in [3.8, 4) is 0 Å². The molecular formula is C80H156O17P2. The van der Waals surface area contributed by atoms with Gasteiger partial charge in [-0.15, -0.1) is 0 Å². The highest BCUT2D eigenvalue weighted by molar-refractivity contribution is 7.47. The lowest BCUT2D eigenvalue weighted by atomic mass is 10.0. The van der Waals surface area contributed by atoms with E-state index >= 15 is 0 Å². The van der Waals surface area contributed by atoms with Crippen LogP contribution in [-0.4, -0.2) is 96.7 Å². The topological polar surface area (TPSA) is 237 Å². The van der Waals surface area contributed by atoms with Gasteiger partial charge in [0.25, 0.3) is 0 Å². The fraction of sp³-hybridized carbons (Fsp3) is 0.950. The molecule has 0 aliphatic rings. The van der Waals surface area contributed by atoms with Crippen LogP contribution in [0.2, 0.25) is 0 Å². The molecule has 0 saturated carbocycles. The molecule has 588 valence electrons. The van der Waals surface area contributed by atoms with Crippen molar-refractivity contribution in [1.82, 2.24) is 0 Å². The number of aliphatic hydroxyl groups is 1. The van der Waals surface area contributed by atoms with Crippen LogP contribution in [0.15, 0.2) is 0 Å². The smallest absolute Gasteiger partial charge is 0.462 e. The maximum Gasteiger partial charge on any atom is 0.472 e. The fourth-order valence-corrected chi connectivity index (χ4v) is 13.9. The minimum atomic E-state index is -4.96. The van der Waals surface area contributed by atoms with Crippen LogP contribution in [0.3, 0.4) is 0 Å². The summed E-state index contributed by atoms with van der Waals surface area (Å²) in [6.45, 7) is 9.61. The highest BCUT2D eigenvalue weighted by Gasteiger charge is 2.30. The predicted octanol–water partition coefficient (Wildman–Crippen LogP) is 23.9. The lowest BCUT2D eigenvalue weighted by Crippen LogP contribution is -2.30. The molecule has 0 aromatic heterocycles. The van der Waals surface area contributed by atoms with Crippen LogP contribution in [0.1, 0.15) is 420 Å². The van der Waals surface area contributed by atoms with E-state index < -0.39 is 97.5 Å². The first-order valence-electron chi connectivity index (χ1n) is 41.5. The van der Waals surface area contributed by atoms with E-state index in [1.165, 1.54) is 238 Å². The van der Waals surface area contributed by atoms with E-state index in [1.54, 1.807) is 0 Å². The summed E-state index contributed by atoms with van der Waals surface area (Å²) in [5, 5.41) is 10.6. The van der Waals surface area contributed by atoms with Gasteiger partial charge < -0.3 is 33.8 Å². The molecule has 0 aromatic rings. The summed E-state index contributed by atoms with van der Waals surface area (Å²) in [7, 11) is -9.92. The first-order chi connectivity index (χ1) is 47.9. The van der Waals surface area contributed by atoms with Crippen LogP contribution in [0, 0.1) is 11.8 Å². The van der Waals surface area contributed by atoms with Crippen LogP contribution >= 0.6 is 15.6 Å². The Balaban J connectivity index is 5.22. The van der Waals surface area contributed by atoms with Crippen LogP contribution in [0.25, 0.3) is 0 Å². The van der Waals surface area contributed by atoms with Gasteiger partial charge in [-0.1, -0.05) is 369 Å². The zero-order valence-electron chi connectivity index (χ0n) is 64.8. The standard InChI is InChI=1S/C80H156O17P2/c1-7-9-11-13-15-17-19-21-22-23-24-25-26-27-28-29-31-40-46-52-58-64-79(84)96-75(69-91-78(83)63-57-51-45-39-34-32-36-42-48-54-60-72(3)4)70-94-98(86,87)92-66-74(81)67-93-99(88,89)95-71-76(68-90-77(82)62-56-50-44-38-30-20-18-16-14-12-10-8-2)97-80(85)65-59-53-47-41-35-33-37-43-49-55-61-73(5)6/h72-76,81H,7-71H2,1-6H3,(H,86,87)(H,88,89)/t74-,75-,76-/m1/s1. The molecule has 0 radical (unpaired) electrons. The van der Waals surface area contributed by atoms with Crippen molar-refractivity contribution < 1.29 is 80.2 Å². The second-order valence-corrected chi connectivity index (χ2v) is 32.7. The van der Waals surface area contributed by atoms with E-state index in [0.29, 0.717) is 25.7 Å². The Kier molecular flexibility index (Phi) is 70.3. The van der Waals surface area contributed by atoms with Crippen LogP contribution < -0.4 is 0 Å². The number of ether oxygens (including phenoxy) is 4. The first-order valence-corrected chi connectivity index (χ1v) is 44.5. The lowest BCUT2D eigenvalue weighted by molar-refractivity contribution is -0.161. The number of unbranched alkanes of at least 4 members (excludes halogenated alkanes) is 49. The molecule has 0 aliphatic carbocycles. The normalized spacial score (nSPS) is 13.9. The molecule has 3 N–H and O–H groups in total. The molecule has 0 amide bonds. The van der Waals surface area contributed by atoms with E-state index in [9.17, 15) is 43.2 Å². The number of rotatable bonds is 79.